The Hall–Kier alpha value is -1.51. The summed E-state index contributed by atoms with van der Waals surface area (Å²) in [7, 11) is 0. The van der Waals surface area contributed by atoms with Crippen LogP contribution in [-0.4, -0.2) is 12.6 Å². The number of halogens is 1. The summed E-state index contributed by atoms with van der Waals surface area (Å²) in [5.41, 5.74) is 10.2. The standard InChI is InChI=1S/C18H21ClN2/c1-13-12-14-6-2-5-9-18(14)21(13)11-10-17(20)15-7-3-4-8-16(15)19/h2-9,13,17H,10-12,20H2,1H3. The minimum atomic E-state index is -0.0151. The summed E-state index contributed by atoms with van der Waals surface area (Å²) in [6.07, 6.45) is 2.03. The van der Waals surface area contributed by atoms with Gasteiger partial charge in [0.25, 0.3) is 0 Å². The van der Waals surface area contributed by atoms with Crippen LogP contribution in [0.3, 0.4) is 0 Å². The number of nitrogens with zero attached hydrogens (tertiary/aromatic N) is 1. The molecule has 0 spiro atoms. The Morgan fingerprint density at radius 2 is 1.90 bits per heavy atom. The van der Waals surface area contributed by atoms with Gasteiger partial charge >= 0.3 is 0 Å². The van der Waals surface area contributed by atoms with E-state index in [0.29, 0.717) is 6.04 Å². The van der Waals surface area contributed by atoms with Gasteiger partial charge in [-0.05, 0) is 43.0 Å². The fourth-order valence-electron chi connectivity index (χ4n) is 3.18. The Morgan fingerprint density at radius 3 is 2.71 bits per heavy atom. The number of anilines is 1. The van der Waals surface area contributed by atoms with E-state index in [-0.39, 0.29) is 6.04 Å². The van der Waals surface area contributed by atoms with E-state index >= 15 is 0 Å². The molecule has 0 amide bonds. The van der Waals surface area contributed by atoms with Gasteiger partial charge in [-0.3, -0.25) is 0 Å². The van der Waals surface area contributed by atoms with Crippen molar-refractivity contribution < 1.29 is 0 Å². The maximum absolute atomic E-state index is 6.33. The molecule has 2 aromatic carbocycles. The van der Waals surface area contributed by atoms with Gasteiger partial charge in [-0.2, -0.15) is 0 Å². The zero-order valence-corrected chi connectivity index (χ0v) is 13.1. The molecule has 0 radical (unpaired) electrons. The Balaban J connectivity index is 1.69. The predicted octanol–water partition coefficient (Wildman–Crippen LogP) is 4.18. The molecule has 2 unspecified atom stereocenters. The van der Waals surface area contributed by atoms with Crippen molar-refractivity contribution in [2.75, 3.05) is 11.4 Å². The van der Waals surface area contributed by atoms with Gasteiger partial charge in [-0.15, -0.1) is 0 Å². The smallest absolute Gasteiger partial charge is 0.0453 e. The van der Waals surface area contributed by atoms with Crippen LogP contribution in [-0.2, 0) is 6.42 Å². The minimum absolute atomic E-state index is 0.0151. The van der Waals surface area contributed by atoms with Gasteiger partial charge < -0.3 is 10.6 Å². The molecule has 1 heterocycles. The van der Waals surface area contributed by atoms with Crippen LogP contribution in [0, 0.1) is 0 Å². The van der Waals surface area contributed by atoms with Crippen molar-refractivity contribution >= 4 is 17.3 Å². The third-order valence-electron chi connectivity index (χ3n) is 4.33. The molecule has 0 aromatic heterocycles. The van der Waals surface area contributed by atoms with Gasteiger partial charge in [-0.1, -0.05) is 48.0 Å². The highest BCUT2D eigenvalue weighted by Gasteiger charge is 2.25. The van der Waals surface area contributed by atoms with Crippen LogP contribution in [0.2, 0.25) is 5.02 Å². The topological polar surface area (TPSA) is 29.3 Å². The minimum Gasteiger partial charge on any atom is -0.368 e. The molecule has 2 atom stereocenters. The molecule has 1 aliphatic rings. The van der Waals surface area contributed by atoms with E-state index in [4.69, 9.17) is 17.3 Å². The van der Waals surface area contributed by atoms with E-state index in [9.17, 15) is 0 Å². The molecule has 0 saturated carbocycles. The lowest BCUT2D eigenvalue weighted by Gasteiger charge is -2.26. The highest BCUT2D eigenvalue weighted by molar-refractivity contribution is 6.31. The van der Waals surface area contributed by atoms with E-state index in [1.165, 1.54) is 11.3 Å². The summed E-state index contributed by atoms with van der Waals surface area (Å²) in [6.45, 7) is 3.24. The summed E-state index contributed by atoms with van der Waals surface area (Å²) >= 11 is 6.23. The number of para-hydroxylation sites is 1. The summed E-state index contributed by atoms with van der Waals surface area (Å²) in [4.78, 5) is 2.46. The molecule has 0 aliphatic carbocycles. The van der Waals surface area contributed by atoms with Crippen LogP contribution in [0.15, 0.2) is 48.5 Å². The zero-order valence-electron chi connectivity index (χ0n) is 12.3. The number of nitrogens with two attached hydrogens (primary N) is 1. The summed E-state index contributed by atoms with van der Waals surface area (Å²) in [5, 5.41) is 0.764. The van der Waals surface area contributed by atoms with Gasteiger partial charge in [0.15, 0.2) is 0 Å². The van der Waals surface area contributed by atoms with Crippen LogP contribution in [0.25, 0.3) is 0 Å². The van der Waals surface area contributed by atoms with Crippen LogP contribution in [0.5, 0.6) is 0 Å². The summed E-state index contributed by atoms with van der Waals surface area (Å²) < 4.78 is 0. The van der Waals surface area contributed by atoms with E-state index in [0.717, 1.165) is 30.0 Å². The van der Waals surface area contributed by atoms with E-state index in [2.05, 4.69) is 36.1 Å². The van der Waals surface area contributed by atoms with Gasteiger partial charge in [0.05, 0.1) is 0 Å². The molecule has 3 rings (SSSR count). The molecular formula is C18H21ClN2. The molecule has 110 valence electrons. The largest absolute Gasteiger partial charge is 0.368 e. The molecular weight excluding hydrogens is 280 g/mol. The fraction of sp³-hybridized carbons (Fsp3) is 0.333. The highest BCUT2D eigenvalue weighted by atomic mass is 35.5. The SMILES string of the molecule is CC1Cc2ccccc2N1CCC(N)c1ccccc1Cl. The molecule has 2 N–H and O–H groups in total. The van der Waals surface area contributed by atoms with Crippen molar-refractivity contribution in [2.24, 2.45) is 5.73 Å². The van der Waals surface area contributed by atoms with Crippen molar-refractivity contribution in [1.29, 1.82) is 0 Å². The lowest BCUT2D eigenvalue weighted by molar-refractivity contribution is 0.592. The van der Waals surface area contributed by atoms with Crippen LogP contribution in [0.4, 0.5) is 5.69 Å². The van der Waals surface area contributed by atoms with Crippen LogP contribution < -0.4 is 10.6 Å². The lowest BCUT2D eigenvalue weighted by atomic mass is 10.0. The van der Waals surface area contributed by atoms with Gasteiger partial charge in [0.2, 0.25) is 0 Å². The Bertz CT molecular complexity index is 626. The van der Waals surface area contributed by atoms with Crippen LogP contribution >= 0.6 is 11.6 Å². The molecule has 0 fully saturated rings. The maximum Gasteiger partial charge on any atom is 0.0453 e. The molecule has 0 saturated heterocycles. The average Bonchev–Trinajstić information content (AvgIpc) is 2.81. The predicted molar refractivity (Wildman–Crippen MR) is 90.0 cm³/mol. The van der Waals surface area contributed by atoms with Crippen molar-refractivity contribution in [1.82, 2.24) is 0 Å². The first kappa shape index (κ1) is 14.4. The number of hydrogen-bond donors (Lipinski definition) is 1. The molecule has 2 aromatic rings. The summed E-state index contributed by atoms with van der Waals surface area (Å²) in [6, 6.07) is 17.0. The second-order valence-electron chi connectivity index (χ2n) is 5.79. The Labute approximate surface area is 131 Å². The lowest BCUT2D eigenvalue weighted by Crippen LogP contribution is -2.32. The van der Waals surface area contributed by atoms with E-state index < -0.39 is 0 Å². The Morgan fingerprint density at radius 1 is 1.19 bits per heavy atom. The monoisotopic (exact) mass is 300 g/mol. The van der Waals surface area contributed by atoms with E-state index in [1.807, 2.05) is 24.3 Å². The number of rotatable bonds is 4. The quantitative estimate of drug-likeness (QED) is 0.918. The number of benzene rings is 2. The van der Waals surface area contributed by atoms with Gasteiger partial charge in [0.1, 0.15) is 0 Å². The highest BCUT2D eigenvalue weighted by Crippen LogP contribution is 2.33. The van der Waals surface area contributed by atoms with E-state index in [1.54, 1.807) is 0 Å². The third-order valence-corrected chi connectivity index (χ3v) is 4.68. The molecule has 3 heteroatoms. The van der Waals surface area contributed by atoms with Crippen LogP contribution in [0.1, 0.15) is 30.5 Å². The molecule has 1 aliphatic heterocycles. The van der Waals surface area contributed by atoms with Gasteiger partial charge in [0, 0.05) is 29.3 Å². The van der Waals surface area contributed by atoms with Crippen molar-refractivity contribution in [3.63, 3.8) is 0 Å². The Kier molecular flexibility index (Phi) is 4.18. The number of fused-ring (bicyclic) bond motifs is 1. The second-order valence-corrected chi connectivity index (χ2v) is 6.20. The summed E-state index contributed by atoms with van der Waals surface area (Å²) in [5.74, 6) is 0. The first-order valence-electron chi connectivity index (χ1n) is 7.51. The zero-order chi connectivity index (χ0) is 14.8. The van der Waals surface area contributed by atoms with Crippen molar-refractivity contribution in [3.8, 4) is 0 Å². The van der Waals surface area contributed by atoms with Crippen molar-refractivity contribution in [3.05, 3.63) is 64.7 Å². The first-order chi connectivity index (χ1) is 10.2. The third kappa shape index (κ3) is 2.92. The maximum atomic E-state index is 6.33. The second kappa shape index (κ2) is 6.08. The van der Waals surface area contributed by atoms with Crippen molar-refractivity contribution in [2.45, 2.75) is 31.8 Å². The molecule has 2 nitrogen and oxygen atoms in total. The average molecular weight is 301 g/mol. The normalized spacial score (nSPS) is 18.6. The molecule has 0 bridgehead atoms. The first-order valence-corrected chi connectivity index (χ1v) is 7.89. The van der Waals surface area contributed by atoms with Gasteiger partial charge in [-0.25, -0.2) is 0 Å². The number of hydrogen-bond acceptors (Lipinski definition) is 2. The fourth-order valence-corrected chi connectivity index (χ4v) is 3.46. The molecule has 21 heavy (non-hydrogen) atoms.